The lowest BCUT2D eigenvalue weighted by atomic mass is 9.94. The van der Waals surface area contributed by atoms with Crippen LogP contribution >= 0.6 is 0 Å². The molecule has 1 atom stereocenters. The third-order valence-corrected chi connectivity index (χ3v) is 2.63. The summed E-state index contributed by atoms with van der Waals surface area (Å²) >= 11 is 0. The Hall–Kier alpha value is -1.35. The van der Waals surface area contributed by atoms with E-state index in [9.17, 15) is 4.79 Å². The molecule has 0 saturated heterocycles. The molecule has 16 heavy (non-hydrogen) atoms. The minimum atomic E-state index is -0.748. The highest BCUT2D eigenvalue weighted by Crippen LogP contribution is 2.15. The van der Waals surface area contributed by atoms with Gasteiger partial charge in [-0.2, -0.15) is 0 Å². The highest BCUT2D eigenvalue weighted by atomic mass is 16.4. The summed E-state index contributed by atoms with van der Waals surface area (Å²) in [6.45, 7) is 0.137. The van der Waals surface area contributed by atoms with Crippen LogP contribution in [0.1, 0.15) is 24.8 Å². The van der Waals surface area contributed by atoms with Crippen molar-refractivity contribution in [2.45, 2.75) is 25.7 Å². The molecule has 1 unspecified atom stereocenters. The summed E-state index contributed by atoms with van der Waals surface area (Å²) in [5.74, 6) is -1.09. The van der Waals surface area contributed by atoms with Crippen LogP contribution in [0.25, 0.3) is 0 Å². The van der Waals surface area contributed by atoms with Crippen LogP contribution in [0.2, 0.25) is 0 Å². The standard InChI is InChI=1S/C13H18O3/c14-9-5-4-8-12(13(15)16)10-11-6-2-1-3-7-11/h1-3,6-7,12,14H,4-5,8-10H2,(H,15,16). The molecule has 0 spiro atoms. The van der Waals surface area contributed by atoms with Crippen LogP contribution in [0, 0.1) is 5.92 Å². The minimum Gasteiger partial charge on any atom is -0.481 e. The van der Waals surface area contributed by atoms with Gasteiger partial charge in [0.15, 0.2) is 0 Å². The number of aliphatic hydroxyl groups excluding tert-OH is 1. The normalized spacial score (nSPS) is 12.3. The lowest BCUT2D eigenvalue weighted by molar-refractivity contribution is -0.142. The number of hydrogen-bond donors (Lipinski definition) is 2. The summed E-state index contributed by atoms with van der Waals surface area (Å²) in [5, 5.41) is 17.7. The Bertz CT molecular complexity index is 308. The van der Waals surface area contributed by atoms with Crippen molar-refractivity contribution in [2.75, 3.05) is 6.61 Å². The predicted octanol–water partition coefficient (Wildman–Crippen LogP) is 2.09. The monoisotopic (exact) mass is 222 g/mol. The van der Waals surface area contributed by atoms with Gasteiger partial charge in [0.05, 0.1) is 5.92 Å². The molecule has 0 aliphatic carbocycles. The molecule has 0 aliphatic rings. The second-order valence-corrected chi connectivity index (χ2v) is 3.94. The average Bonchev–Trinajstić information content (AvgIpc) is 2.29. The molecule has 3 nitrogen and oxygen atoms in total. The number of aliphatic hydroxyl groups is 1. The van der Waals surface area contributed by atoms with Crippen molar-refractivity contribution in [1.29, 1.82) is 0 Å². The first kappa shape index (κ1) is 12.7. The first-order chi connectivity index (χ1) is 7.74. The van der Waals surface area contributed by atoms with Crippen LogP contribution in [0.3, 0.4) is 0 Å². The maximum absolute atomic E-state index is 11.0. The number of unbranched alkanes of at least 4 members (excludes halogenated alkanes) is 1. The van der Waals surface area contributed by atoms with Gasteiger partial charge < -0.3 is 10.2 Å². The van der Waals surface area contributed by atoms with Gasteiger partial charge in [-0.15, -0.1) is 0 Å². The van der Waals surface area contributed by atoms with E-state index in [1.54, 1.807) is 0 Å². The number of carboxylic acid groups (broad SMARTS) is 1. The summed E-state index contributed by atoms with van der Waals surface area (Å²) in [7, 11) is 0. The maximum Gasteiger partial charge on any atom is 0.306 e. The van der Waals surface area contributed by atoms with E-state index in [1.165, 1.54) is 0 Å². The van der Waals surface area contributed by atoms with Crippen LogP contribution < -0.4 is 0 Å². The number of rotatable bonds is 7. The van der Waals surface area contributed by atoms with E-state index >= 15 is 0 Å². The molecule has 2 N–H and O–H groups in total. The van der Waals surface area contributed by atoms with E-state index < -0.39 is 5.97 Å². The molecular formula is C13H18O3. The fourth-order valence-electron chi connectivity index (χ4n) is 1.71. The molecule has 0 amide bonds. The second kappa shape index (κ2) is 7.01. The molecule has 1 rings (SSSR count). The molecule has 0 bridgehead atoms. The maximum atomic E-state index is 11.0. The van der Waals surface area contributed by atoms with Crippen molar-refractivity contribution in [3.05, 3.63) is 35.9 Å². The van der Waals surface area contributed by atoms with Crippen molar-refractivity contribution < 1.29 is 15.0 Å². The van der Waals surface area contributed by atoms with Crippen molar-refractivity contribution in [2.24, 2.45) is 5.92 Å². The number of aliphatic carboxylic acids is 1. The van der Waals surface area contributed by atoms with Gasteiger partial charge in [-0.25, -0.2) is 0 Å². The van der Waals surface area contributed by atoms with Gasteiger partial charge in [0.1, 0.15) is 0 Å². The van der Waals surface area contributed by atoms with Gasteiger partial charge in [-0.3, -0.25) is 4.79 Å². The molecule has 0 radical (unpaired) electrons. The Kier molecular flexibility index (Phi) is 5.57. The smallest absolute Gasteiger partial charge is 0.306 e. The molecule has 0 aromatic heterocycles. The summed E-state index contributed by atoms with van der Waals surface area (Å²) in [6, 6.07) is 9.65. The van der Waals surface area contributed by atoms with Gasteiger partial charge in [-0.1, -0.05) is 36.8 Å². The number of carboxylic acids is 1. The Morgan fingerprint density at radius 3 is 2.44 bits per heavy atom. The number of benzene rings is 1. The lowest BCUT2D eigenvalue weighted by Crippen LogP contribution is -2.16. The first-order valence-corrected chi connectivity index (χ1v) is 5.61. The summed E-state index contributed by atoms with van der Waals surface area (Å²) in [4.78, 5) is 11.0. The largest absolute Gasteiger partial charge is 0.481 e. The van der Waals surface area contributed by atoms with E-state index in [1.807, 2.05) is 30.3 Å². The fraction of sp³-hybridized carbons (Fsp3) is 0.462. The Labute approximate surface area is 95.7 Å². The number of carbonyl (C=O) groups is 1. The van der Waals surface area contributed by atoms with E-state index in [2.05, 4.69) is 0 Å². The predicted molar refractivity (Wildman–Crippen MR) is 62.2 cm³/mol. The summed E-state index contributed by atoms with van der Waals surface area (Å²) < 4.78 is 0. The van der Waals surface area contributed by atoms with Crippen LogP contribution in [-0.2, 0) is 11.2 Å². The first-order valence-electron chi connectivity index (χ1n) is 5.61. The van der Waals surface area contributed by atoms with E-state index in [0.29, 0.717) is 19.3 Å². The Morgan fingerprint density at radius 1 is 1.19 bits per heavy atom. The molecule has 88 valence electrons. The van der Waals surface area contributed by atoms with Gasteiger partial charge >= 0.3 is 5.97 Å². The zero-order chi connectivity index (χ0) is 11.8. The van der Waals surface area contributed by atoms with E-state index in [0.717, 1.165) is 12.0 Å². The van der Waals surface area contributed by atoms with Gasteiger partial charge in [0, 0.05) is 6.61 Å². The lowest BCUT2D eigenvalue weighted by Gasteiger charge is -2.11. The zero-order valence-electron chi connectivity index (χ0n) is 9.30. The van der Waals surface area contributed by atoms with E-state index in [4.69, 9.17) is 10.2 Å². The van der Waals surface area contributed by atoms with Crippen LogP contribution in [0.4, 0.5) is 0 Å². The van der Waals surface area contributed by atoms with Gasteiger partial charge in [0.25, 0.3) is 0 Å². The molecule has 0 saturated carbocycles. The van der Waals surface area contributed by atoms with Crippen LogP contribution in [0.5, 0.6) is 0 Å². The summed E-state index contributed by atoms with van der Waals surface area (Å²) in [5.41, 5.74) is 1.05. The van der Waals surface area contributed by atoms with Crippen molar-refractivity contribution in [3.8, 4) is 0 Å². The van der Waals surface area contributed by atoms with Gasteiger partial charge in [0.2, 0.25) is 0 Å². The molecule has 0 heterocycles. The molecule has 1 aromatic rings. The highest BCUT2D eigenvalue weighted by Gasteiger charge is 2.17. The summed E-state index contributed by atoms with van der Waals surface area (Å²) in [6.07, 6.45) is 2.64. The Morgan fingerprint density at radius 2 is 1.88 bits per heavy atom. The second-order valence-electron chi connectivity index (χ2n) is 3.94. The highest BCUT2D eigenvalue weighted by molar-refractivity contribution is 5.70. The minimum absolute atomic E-state index is 0.137. The third-order valence-electron chi connectivity index (χ3n) is 2.63. The van der Waals surface area contributed by atoms with Crippen molar-refractivity contribution in [1.82, 2.24) is 0 Å². The third kappa shape index (κ3) is 4.45. The average molecular weight is 222 g/mol. The molecular weight excluding hydrogens is 204 g/mol. The quantitative estimate of drug-likeness (QED) is 0.694. The van der Waals surface area contributed by atoms with E-state index in [-0.39, 0.29) is 12.5 Å². The molecule has 3 heteroatoms. The molecule has 1 aromatic carbocycles. The van der Waals surface area contributed by atoms with Gasteiger partial charge in [-0.05, 0) is 24.8 Å². The zero-order valence-corrected chi connectivity index (χ0v) is 9.30. The Balaban J connectivity index is 2.48. The molecule has 0 fully saturated rings. The van der Waals surface area contributed by atoms with Crippen molar-refractivity contribution in [3.63, 3.8) is 0 Å². The fourth-order valence-corrected chi connectivity index (χ4v) is 1.71. The van der Waals surface area contributed by atoms with Crippen molar-refractivity contribution >= 4 is 5.97 Å². The van der Waals surface area contributed by atoms with Crippen LogP contribution in [0.15, 0.2) is 30.3 Å². The number of hydrogen-bond acceptors (Lipinski definition) is 2. The van der Waals surface area contributed by atoms with Crippen LogP contribution in [-0.4, -0.2) is 22.8 Å². The SMILES string of the molecule is O=C(O)C(CCCCO)Cc1ccccc1. The molecule has 0 aliphatic heterocycles. The topological polar surface area (TPSA) is 57.5 Å².